The Labute approximate surface area is 462 Å². The van der Waals surface area contributed by atoms with E-state index in [1.165, 1.54) is 89.9 Å². The fourth-order valence-corrected chi connectivity index (χ4v) is 8.34. The van der Waals surface area contributed by atoms with Crippen molar-refractivity contribution < 1.29 is 28.6 Å². The van der Waals surface area contributed by atoms with Gasteiger partial charge in [-0.1, -0.05) is 251 Å². The Bertz CT molecular complexity index is 1570. The first-order valence-corrected chi connectivity index (χ1v) is 31.0. The number of esters is 3. The third-order valence-corrected chi connectivity index (χ3v) is 12.9. The number of unbranched alkanes of at least 4 members (excludes halogenated alkanes) is 24. The van der Waals surface area contributed by atoms with Crippen molar-refractivity contribution in [1.82, 2.24) is 0 Å². The van der Waals surface area contributed by atoms with Gasteiger partial charge in [0.05, 0.1) is 0 Å². The van der Waals surface area contributed by atoms with Gasteiger partial charge in [0.15, 0.2) is 6.10 Å². The van der Waals surface area contributed by atoms with Crippen LogP contribution in [0.4, 0.5) is 0 Å². The van der Waals surface area contributed by atoms with Crippen LogP contribution in [0.1, 0.15) is 278 Å². The van der Waals surface area contributed by atoms with Gasteiger partial charge in [0.2, 0.25) is 0 Å². The first-order valence-electron chi connectivity index (χ1n) is 31.0. The molecule has 0 aromatic carbocycles. The summed E-state index contributed by atoms with van der Waals surface area (Å²) in [5.41, 5.74) is 0. The molecule has 0 amide bonds. The molecule has 0 bridgehead atoms. The fourth-order valence-electron chi connectivity index (χ4n) is 8.34. The SMILES string of the molecule is CC/C=C\C/C=C\C/C=C\C/C=C\C/C=C\CCCCCCCC(=O)OCC(COC(=O)CCCCCCC/C=C\CCCCCCCC)OC(=O)CCCCCCCCCC/C=C\C/C=C\C/C=C\C/C=C\CC. The molecular weight excluding hydrogens is 925 g/mol. The molecule has 0 aliphatic heterocycles. The Kier molecular flexibility index (Phi) is 58.9. The average Bonchev–Trinajstić information content (AvgIpc) is 3.41. The van der Waals surface area contributed by atoms with Crippen molar-refractivity contribution in [2.45, 2.75) is 284 Å². The summed E-state index contributed by atoms with van der Waals surface area (Å²) < 4.78 is 16.9. The van der Waals surface area contributed by atoms with E-state index in [0.29, 0.717) is 19.3 Å². The molecule has 0 N–H and O–H groups in total. The number of rotatable bonds is 55. The molecule has 0 heterocycles. The van der Waals surface area contributed by atoms with Gasteiger partial charge in [-0.3, -0.25) is 14.4 Å². The number of hydrogen-bond donors (Lipinski definition) is 0. The van der Waals surface area contributed by atoms with Crippen molar-refractivity contribution in [2.75, 3.05) is 13.2 Å². The molecule has 1 atom stereocenters. The largest absolute Gasteiger partial charge is 0.462 e. The molecule has 426 valence electrons. The van der Waals surface area contributed by atoms with Crippen LogP contribution in [0.2, 0.25) is 0 Å². The molecule has 6 nitrogen and oxygen atoms in total. The molecule has 0 aromatic heterocycles. The molecule has 0 saturated heterocycles. The number of carbonyl (C=O) groups excluding carboxylic acids is 3. The first kappa shape index (κ1) is 70.8. The summed E-state index contributed by atoms with van der Waals surface area (Å²) in [6.45, 7) is 6.39. The van der Waals surface area contributed by atoms with Gasteiger partial charge in [-0.25, -0.2) is 0 Å². The van der Waals surface area contributed by atoms with Crippen LogP contribution in [-0.2, 0) is 28.6 Å². The fraction of sp³-hybridized carbons (Fsp3) is 0.667. The second kappa shape index (κ2) is 62.4. The smallest absolute Gasteiger partial charge is 0.306 e. The van der Waals surface area contributed by atoms with E-state index in [2.05, 4.69) is 142 Å². The molecule has 0 rings (SSSR count). The average molecular weight is 1040 g/mol. The van der Waals surface area contributed by atoms with Gasteiger partial charge in [-0.2, -0.15) is 0 Å². The van der Waals surface area contributed by atoms with Crippen molar-refractivity contribution in [3.63, 3.8) is 0 Å². The molecule has 6 heteroatoms. The van der Waals surface area contributed by atoms with Crippen molar-refractivity contribution in [2.24, 2.45) is 0 Å². The number of ether oxygens (including phenoxy) is 3. The molecule has 0 fully saturated rings. The van der Waals surface area contributed by atoms with Crippen LogP contribution in [0, 0.1) is 0 Å². The Balaban J connectivity index is 4.45. The van der Waals surface area contributed by atoms with E-state index in [1.807, 2.05) is 0 Å². The summed E-state index contributed by atoms with van der Waals surface area (Å²) in [6.07, 6.45) is 86.2. The van der Waals surface area contributed by atoms with E-state index < -0.39 is 6.10 Å². The van der Waals surface area contributed by atoms with E-state index in [0.717, 1.165) is 148 Å². The monoisotopic (exact) mass is 1040 g/mol. The lowest BCUT2D eigenvalue weighted by Gasteiger charge is -2.18. The minimum absolute atomic E-state index is 0.0941. The predicted octanol–water partition coefficient (Wildman–Crippen LogP) is 21.2. The van der Waals surface area contributed by atoms with Crippen molar-refractivity contribution in [3.05, 3.63) is 122 Å². The third-order valence-electron chi connectivity index (χ3n) is 12.9. The van der Waals surface area contributed by atoms with Crippen LogP contribution in [0.15, 0.2) is 122 Å². The zero-order chi connectivity index (χ0) is 54.3. The predicted molar refractivity (Wildman–Crippen MR) is 325 cm³/mol. The quantitative estimate of drug-likeness (QED) is 0.0261. The van der Waals surface area contributed by atoms with E-state index in [1.54, 1.807) is 0 Å². The Hall–Kier alpha value is -4.19. The van der Waals surface area contributed by atoms with E-state index in [4.69, 9.17) is 14.2 Å². The summed E-state index contributed by atoms with van der Waals surface area (Å²) in [7, 11) is 0. The number of allylic oxidation sites excluding steroid dienone is 20. The zero-order valence-corrected chi connectivity index (χ0v) is 48.8. The normalized spacial score (nSPS) is 12.9. The Morgan fingerprint density at radius 2 is 0.520 bits per heavy atom. The van der Waals surface area contributed by atoms with Crippen molar-refractivity contribution in [3.8, 4) is 0 Å². The van der Waals surface area contributed by atoms with Gasteiger partial charge in [0, 0.05) is 19.3 Å². The van der Waals surface area contributed by atoms with Gasteiger partial charge in [-0.15, -0.1) is 0 Å². The van der Waals surface area contributed by atoms with Gasteiger partial charge in [0.1, 0.15) is 13.2 Å². The van der Waals surface area contributed by atoms with E-state index in [9.17, 15) is 14.4 Å². The maximum absolute atomic E-state index is 12.9. The summed E-state index contributed by atoms with van der Waals surface area (Å²) >= 11 is 0. The van der Waals surface area contributed by atoms with Gasteiger partial charge < -0.3 is 14.2 Å². The Morgan fingerprint density at radius 3 is 0.827 bits per heavy atom. The highest BCUT2D eigenvalue weighted by molar-refractivity contribution is 5.71. The minimum Gasteiger partial charge on any atom is -0.462 e. The molecule has 1 unspecified atom stereocenters. The zero-order valence-electron chi connectivity index (χ0n) is 48.8. The second-order valence-electron chi connectivity index (χ2n) is 20.2. The second-order valence-corrected chi connectivity index (χ2v) is 20.2. The standard InChI is InChI=1S/C69H114O6/c1-4-7-10-13-16-19-22-25-28-30-32-34-36-38-41-44-47-50-53-56-59-62-68(71)74-65-66(64-73-67(70)61-58-55-52-49-46-43-40-27-24-21-18-15-12-9-6-3)75-69(72)63-60-57-54-51-48-45-42-39-37-35-33-31-29-26-23-20-17-14-11-8-5-2/h7-8,10-11,16-17,19-20,25-29,32-35,38,40-41,66H,4-6,9,12-15,18,21-24,30-31,36-37,39,42-65H2,1-3H3/b10-7-,11-8-,19-16-,20-17-,28-25-,29-26-,34-32-,35-33-,40-27-,41-38-. The lowest BCUT2D eigenvalue weighted by Crippen LogP contribution is -2.30. The van der Waals surface area contributed by atoms with Gasteiger partial charge in [0.25, 0.3) is 0 Å². The highest BCUT2D eigenvalue weighted by Crippen LogP contribution is 2.15. The molecule has 0 saturated carbocycles. The summed E-state index contributed by atoms with van der Waals surface area (Å²) in [4.78, 5) is 38.3. The molecule has 0 spiro atoms. The summed E-state index contributed by atoms with van der Waals surface area (Å²) in [6, 6.07) is 0. The molecular formula is C69H114O6. The van der Waals surface area contributed by atoms with Crippen LogP contribution >= 0.6 is 0 Å². The molecule has 0 aliphatic carbocycles. The van der Waals surface area contributed by atoms with Crippen LogP contribution in [0.3, 0.4) is 0 Å². The van der Waals surface area contributed by atoms with Crippen LogP contribution in [-0.4, -0.2) is 37.2 Å². The molecule has 0 radical (unpaired) electrons. The highest BCUT2D eigenvalue weighted by atomic mass is 16.6. The van der Waals surface area contributed by atoms with Gasteiger partial charge in [-0.05, 0) is 128 Å². The van der Waals surface area contributed by atoms with Crippen LogP contribution < -0.4 is 0 Å². The molecule has 75 heavy (non-hydrogen) atoms. The first-order chi connectivity index (χ1) is 37.0. The van der Waals surface area contributed by atoms with Crippen LogP contribution in [0.25, 0.3) is 0 Å². The molecule has 0 aliphatic rings. The van der Waals surface area contributed by atoms with E-state index in [-0.39, 0.29) is 31.1 Å². The van der Waals surface area contributed by atoms with Crippen molar-refractivity contribution >= 4 is 17.9 Å². The molecule has 0 aromatic rings. The lowest BCUT2D eigenvalue weighted by molar-refractivity contribution is -0.167. The van der Waals surface area contributed by atoms with Crippen molar-refractivity contribution in [1.29, 1.82) is 0 Å². The summed E-state index contributed by atoms with van der Waals surface area (Å²) in [5.74, 6) is -0.926. The maximum Gasteiger partial charge on any atom is 0.306 e. The van der Waals surface area contributed by atoms with Gasteiger partial charge >= 0.3 is 17.9 Å². The topological polar surface area (TPSA) is 78.9 Å². The number of carbonyl (C=O) groups is 3. The Morgan fingerprint density at radius 1 is 0.280 bits per heavy atom. The highest BCUT2D eigenvalue weighted by Gasteiger charge is 2.19. The minimum atomic E-state index is -0.799. The lowest BCUT2D eigenvalue weighted by atomic mass is 10.1. The van der Waals surface area contributed by atoms with Crippen LogP contribution in [0.5, 0.6) is 0 Å². The van der Waals surface area contributed by atoms with E-state index >= 15 is 0 Å². The maximum atomic E-state index is 12.9. The number of hydrogen-bond acceptors (Lipinski definition) is 6. The summed E-state index contributed by atoms with van der Waals surface area (Å²) in [5, 5.41) is 0. The third kappa shape index (κ3) is 60.6.